The summed E-state index contributed by atoms with van der Waals surface area (Å²) >= 11 is 0. The average molecular weight is 355 g/mol. The standard InChI is InChI=1S/C22H29NO3/c23-14-21(25)26-19(18-4-2-1-3-5-18)6-7-20(24)22-11-15-8-16(12-22)10-17(9-15)13-22/h1-5,15-17,19H,6-14,23H2/t15?,16?,17?,19-,22?/m1/s1. The fourth-order valence-corrected chi connectivity index (χ4v) is 6.15. The monoisotopic (exact) mass is 355 g/mol. The van der Waals surface area contributed by atoms with E-state index in [1.54, 1.807) is 0 Å². The van der Waals surface area contributed by atoms with Gasteiger partial charge in [0.1, 0.15) is 11.9 Å². The molecule has 5 rings (SSSR count). The Balaban J connectivity index is 1.44. The first-order valence-corrected chi connectivity index (χ1v) is 10.1. The molecule has 4 fully saturated rings. The number of carbonyl (C=O) groups is 2. The Kier molecular flexibility index (Phi) is 4.87. The second kappa shape index (κ2) is 7.15. The highest BCUT2D eigenvalue weighted by molar-refractivity contribution is 5.85. The molecule has 0 heterocycles. The average Bonchev–Trinajstić information content (AvgIpc) is 2.64. The van der Waals surface area contributed by atoms with Crippen molar-refractivity contribution in [1.82, 2.24) is 0 Å². The molecule has 4 saturated carbocycles. The van der Waals surface area contributed by atoms with E-state index in [4.69, 9.17) is 10.5 Å². The number of carbonyl (C=O) groups excluding carboxylic acids is 2. The van der Waals surface area contributed by atoms with Crippen molar-refractivity contribution in [3.63, 3.8) is 0 Å². The molecule has 0 saturated heterocycles. The molecule has 4 aliphatic carbocycles. The second-order valence-corrected chi connectivity index (χ2v) is 8.75. The molecule has 0 amide bonds. The lowest BCUT2D eigenvalue weighted by Gasteiger charge is -2.56. The summed E-state index contributed by atoms with van der Waals surface area (Å²) in [7, 11) is 0. The van der Waals surface area contributed by atoms with Crippen LogP contribution in [0, 0.1) is 23.2 Å². The van der Waals surface area contributed by atoms with E-state index >= 15 is 0 Å². The van der Waals surface area contributed by atoms with Crippen LogP contribution in [-0.2, 0) is 14.3 Å². The lowest BCUT2D eigenvalue weighted by atomic mass is 9.48. The molecule has 140 valence electrons. The number of rotatable bonds is 7. The van der Waals surface area contributed by atoms with Crippen LogP contribution in [0.25, 0.3) is 0 Å². The van der Waals surface area contributed by atoms with Gasteiger partial charge in [-0.25, -0.2) is 0 Å². The SMILES string of the molecule is NCC(=O)O[C@H](CCC(=O)C12CC3CC(CC(C3)C1)C2)c1ccccc1. The van der Waals surface area contributed by atoms with Crippen molar-refractivity contribution < 1.29 is 14.3 Å². The smallest absolute Gasteiger partial charge is 0.320 e. The van der Waals surface area contributed by atoms with Gasteiger partial charge in [0, 0.05) is 11.8 Å². The molecule has 26 heavy (non-hydrogen) atoms. The van der Waals surface area contributed by atoms with Gasteiger partial charge in [0.2, 0.25) is 0 Å². The van der Waals surface area contributed by atoms with E-state index in [9.17, 15) is 9.59 Å². The summed E-state index contributed by atoms with van der Waals surface area (Å²) in [5, 5.41) is 0. The van der Waals surface area contributed by atoms with Gasteiger partial charge in [-0.1, -0.05) is 30.3 Å². The maximum atomic E-state index is 13.2. The summed E-state index contributed by atoms with van der Waals surface area (Å²) in [6.07, 6.45) is 7.96. The van der Waals surface area contributed by atoms with Crippen molar-refractivity contribution >= 4 is 11.8 Å². The Hall–Kier alpha value is -1.68. The third kappa shape index (κ3) is 3.44. The van der Waals surface area contributed by atoms with Gasteiger partial charge in [0.15, 0.2) is 0 Å². The molecule has 0 aliphatic heterocycles. The molecule has 0 spiro atoms. The summed E-state index contributed by atoms with van der Waals surface area (Å²) < 4.78 is 5.54. The van der Waals surface area contributed by atoms with E-state index in [1.807, 2.05) is 30.3 Å². The third-order valence-corrected chi connectivity index (χ3v) is 6.88. The van der Waals surface area contributed by atoms with Gasteiger partial charge < -0.3 is 10.5 Å². The maximum absolute atomic E-state index is 13.2. The minimum Gasteiger partial charge on any atom is -0.457 e. The topological polar surface area (TPSA) is 69.4 Å². The first kappa shape index (κ1) is 17.7. The molecule has 1 atom stereocenters. The quantitative estimate of drug-likeness (QED) is 0.756. The van der Waals surface area contributed by atoms with E-state index in [1.165, 1.54) is 19.3 Å². The van der Waals surface area contributed by atoms with Crippen LogP contribution in [0.4, 0.5) is 0 Å². The van der Waals surface area contributed by atoms with Crippen LogP contribution in [0.5, 0.6) is 0 Å². The Morgan fingerprint density at radius 3 is 2.15 bits per heavy atom. The number of Topliss-reactive ketones (excluding diaryl/α,β-unsaturated/α-hetero) is 1. The molecule has 4 aliphatic rings. The molecule has 1 aromatic rings. The predicted octanol–water partition coefficient (Wildman–Crippen LogP) is 3.80. The van der Waals surface area contributed by atoms with Crippen molar-refractivity contribution in [2.45, 2.75) is 57.5 Å². The third-order valence-electron chi connectivity index (χ3n) is 6.88. The zero-order valence-electron chi connectivity index (χ0n) is 15.4. The van der Waals surface area contributed by atoms with E-state index in [0.717, 1.165) is 42.6 Å². The lowest BCUT2D eigenvalue weighted by molar-refractivity contribution is -0.151. The first-order valence-electron chi connectivity index (χ1n) is 10.1. The predicted molar refractivity (Wildman–Crippen MR) is 99.2 cm³/mol. The van der Waals surface area contributed by atoms with Gasteiger partial charge in [-0.15, -0.1) is 0 Å². The van der Waals surface area contributed by atoms with Crippen LogP contribution >= 0.6 is 0 Å². The van der Waals surface area contributed by atoms with Gasteiger partial charge in [-0.3, -0.25) is 9.59 Å². The summed E-state index contributed by atoms with van der Waals surface area (Å²) in [6, 6.07) is 9.69. The zero-order chi connectivity index (χ0) is 18.1. The molecular formula is C22H29NO3. The van der Waals surface area contributed by atoms with Crippen LogP contribution in [0.2, 0.25) is 0 Å². The number of benzene rings is 1. The second-order valence-electron chi connectivity index (χ2n) is 8.75. The van der Waals surface area contributed by atoms with Crippen LogP contribution in [0.15, 0.2) is 30.3 Å². The normalized spacial score (nSPS) is 33.0. The molecule has 1 aromatic carbocycles. The number of nitrogens with two attached hydrogens (primary N) is 1. The minimum absolute atomic E-state index is 0.0755. The largest absolute Gasteiger partial charge is 0.457 e. The highest BCUT2D eigenvalue weighted by Crippen LogP contribution is 2.60. The Bertz CT molecular complexity index is 634. The van der Waals surface area contributed by atoms with Gasteiger partial charge >= 0.3 is 5.97 Å². The summed E-state index contributed by atoms with van der Waals surface area (Å²) in [6.45, 7) is -0.133. The first-order chi connectivity index (χ1) is 12.6. The molecule has 0 radical (unpaired) electrons. The minimum atomic E-state index is -0.416. The molecule has 2 N–H and O–H groups in total. The molecule has 0 aromatic heterocycles. The molecule has 4 heteroatoms. The number of hydrogen-bond acceptors (Lipinski definition) is 4. The van der Waals surface area contributed by atoms with Crippen LogP contribution in [-0.4, -0.2) is 18.3 Å². The molecule has 4 nitrogen and oxygen atoms in total. The van der Waals surface area contributed by atoms with Gasteiger partial charge in [-0.05, 0) is 68.3 Å². The Morgan fingerprint density at radius 2 is 1.62 bits per heavy atom. The molecular weight excluding hydrogens is 326 g/mol. The zero-order valence-corrected chi connectivity index (χ0v) is 15.4. The number of hydrogen-bond donors (Lipinski definition) is 1. The maximum Gasteiger partial charge on any atom is 0.320 e. The fourth-order valence-electron chi connectivity index (χ4n) is 6.15. The van der Waals surface area contributed by atoms with E-state index in [0.29, 0.717) is 18.6 Å². The van der Waals surface area contributed by atoms with Crippen molar-refractivity contribution in [2.24, 2.45) is 28.9 Å². The number of esters is 1. The number of ketones is 1. The van der Waals surface area contributed by atoms with Gasteiger partial charge in [-0.2, -0.15) is 0 Å². The summed E-state index contributed by atoms with van der Waals surface area (Å²) in [5.41, 5.74) is 6.28. The van der Waals surface area contributed by atoms with Crippen LogP contribution < -0.4 is 5.73 Å². The van der Waals surface area contributed by atoms with E-state index in [2.05, 4.69) is 0 Å². The highest BCUT2D eigenvalue weighted by Gasteiger charge is 2.53. The van der Waals surface area contributed by atoms with E-state index in [-0.39, 0.29) is 18.1 Å². The Labute approximate surface area is 155 Å². The van der Waals surface area contributed by atoms with Crippen molar-refractivity contribution in [1.29, 1.82) is 0 Å². The van der Waals surface area contributed by atoms with Gasteiger partial charge in [0.05, 0.1) is 6.54 Å². The summed E-state index contributed by atoms with van der Waals surface area (Å²) in [5.74, 6) is 2.29. The number of ether oxygens (including phenoxy) is 1. The molecule has 0 unspecified atom stereocenters. The fraction of sp³-hybridized carbons (Fsp3) is 0.636. The summed E-state index contributed by atoms with van der Waals surface area (Å²) in [4.78, 5) is 25.0. The van der Waals surface area contributed by atoms with Crippen molar-refractivity contribution in [3.05, 3.63) is 35.9 Å². The van der Waals surface area contributed by atoms with Crippen LogP contribution in [0.3, 0.4) is 0 Å². The lowest BCUT2D eigenvalue weighted by Crippen LogP contribution is -2.50. The molecule has 4 bridgehead atoms. The van der Waals surface area contributed by atoms with Crippen molar-refractivity contribution in [3.8, 4) is 0 Å². The van der Waals surface area contributed by atoms with Crippen LogP contribution in [0.1, 0.15) is 63.0 Å². The van der Waals surface area contributed by atoms with Crippen molar-refractivity contribution in [2.75, 3.05) is 6.54 Å². The Morgan fingerprint density at radius 1 is 1.04 bits per heavy atom. The highest BCUT2D eigenvalue weighted by atomic mass is 16.5. The van der Waals surface area contributed by atoms with E-state index < -0.39 is 5.97 Å². The van der Waals surface area contributed by atoms with Gasteiger partial charge in [0.25, 0.3) is 0 Å².